The third kappa shape index (κ3) is 3.85. The van der Waals surface area contributed by atoms with Crippen LogP contribution in [0.1, 0.15) is 35.0 Å². The van der Waals surface area contributed by atoms with Gasteiger partial charge >= 0.3 is 11.9 Å². The largest absolute Gasteiger partial charge is 0.481 e. The minimum absolute atomic E-state index is 0.00567. The van der Waals surface area contributed by atoms with Crippen LogP contribution in [0.4, 0.5) is 11.8 Å². The number of carboxylic acids is 2. The minimum Gasteiger partial charge on any atom is -0.481 e. The summed E-state index contributed by atoms with van der Waals surface area (Å²) in [5.41, 5.74) is 10.5. The Hall–Kier alpha value is -4.15. The summed E-state index contributed by atoms with van der Waals surface area (Å²) < 4.78 is 0. The number of rotatable bonds is 7. The maximum absolute atomic E-state index is 12.4. The van der Waals surface area contributed by atoms with E-state index in [1.165, 1.54) is 37.4 Å². The standard InChI is InChI=1S/C19H18N6O5/c1-9(26)6-19(17(29)30,11-4-2-10(3-5-11)16(27)28)7-12-8-22-15-13(23-12)14(20)24-18(21)25-15/h2-5,8H,6-7H2,1H3,(H,27,28)(H,29,30)(H4,20,21,22,24,25). The van der Waals surface area contributed by atoms with Gasteiger partial charge in [-0.15, -0.1) is 0 Å². The van der Waals surface area contributed by atoms with E-state index >= 15 is 0 Å². The zero-order chi connectivity index (χ0) is 22.1. The lowest BCUT2D eigenvalue weighted by atomic mass is 9.73. The molecule has 30 heavy (non-hydrogen) atoms. The Labute approximate surface area is 169 Å². The third-order valence-corrected chi connectivity index (χ3v) is 4.63. The highest BCUT2D eigenvalue weighted by Crippen LogP contribution is 2.33. The van der Waals surface area contributed by atoms with Crippen molar-refractivity contribution in [2.45, 2.75) is 25.2 Å². The second-order valence-electron chi connectivity index (χ2n) is 6.83. The number of aromatic carboxylic acids is 1. The zero-order valence-corrected chi connectivity index (χ0v) is 15.9. The molecule has 2 heterocycles. The van der Waals surface area contributed by atoms with Gasteiger partial charge in [0.2, 0.25) is 5.95 Å². The summed E-state index contributed by atoms with van der Waals surface area (Å²) >= 11 is 0. The number of aliphatic carboxylic acids is 1. The van der Waals surface area contributed by atoms with Gasteiger partial charge in [0.1, 0.15) is 11.2 Å². The summed E-state index contributed by atoms with van der Waals surface area (Å²) in [5.74, 6) is -2.85. The van der Waals surface area contributed by atoms with Gasteiger partial charge in [-0.2, -0.15) is 9.97 Å². The Morgan fingerprint density at radius 3 is 2.27 bits per heavy atom. The fraction of sp³-hybridized carbons (Fsp3) is 0.211. The van der Waals surface area contributed by atoms with Crippen molar-refractivity contribution in [1.82, 2.24) is 19.9 Å². The lowest BCUT2D eigenvalue weighted by molar-refractivity contribution is -0.146. The maximum Gasteiger partial charge on any atom is 0.335 e. The second kappa shape index (κ2) is 7.70. The number of nitrogens with two attached hydrogens (primary N) is 2. The number of carbonyl (C=O) groups excluding carboxylic acids is 1. The van der Waals surface area contributed by atoms with Crippen LogP contribution < -0.4 is 11.5 Å². The number of benzene rings is 1. The topological polar surface area (TPSA) is 195 Å². The normalized spacial score (nSPS) is 13.0. The average Bonchev–Trinajstić information content (AvgIpc) is 2.67. The molecule has 3 aromatic rings. The summed E-state index contributed by atoms with van der Waals surface area (Å²) in [6, 6.07) is 5.34. The average molecular weight is 410 g/mol. The number of aromatic nitrogens is 4. The van der Waals surface area contributed by atoms with Gasteiger partial charge < -0.3 is 21.7 Å². The van der Waals surface area contributed by atoms with Gasteiger partial charge in [0.05, 0.1) is 17.5 Å². The molecule has 11 heteroatoms. The van der Waals surface area contributed by atoms with Crippen LogP contribution >= 0.6 is 0 Å². The SMILES string of the molecule is CC(=O)CC(Cc1cnc2nc(N)nc(N)c2n1)(C(=O)O)c1ccc(C(=O)O)cc1. The van der Waals surface area contributed by atoms with Crippen molar-refractivity contribution in [2.24, 2.45) is 0 Å². The molecule has 154 valence electrons. The number of fused-ring (bicyclic) bond motifs is 1. The molecule has 0 radical (unpaired) electrons. The lowest BCUT2D eigenvalue weighted by Gasteiger charge is -2.29. The predicted octanol–water partition coefficient (Wildman–Crippen LogP) is 0.827. The molecule has 0 aliphatic heterocycles. The first-order chi connectivity index (χ1) is 14.1. The first-order valence-corrected chi connectivity index (χ1v) is 8.73. The highest BCUT2D eigenvalue weighted by Gasteiger charge is 2.42. The predicted molar refractivity (Wildman–Crippen MR) is 106 cm³/mol. The first kappa shape index (κ1) is 20.6. The van der Waals surface area contributed by atoms with Crippen molar-refractivity contribution < 1.29 is 24.6 Å². The molecule has 0 saturated carbocycles. The smallest absolute Gasteiger partial charge is 0.335 e. The molecule has 6 N–H and O–H groups in total. The van der Waals surface area contributed by atoms with E-state index in [0.29, 0.717) is 0 Å². The van der Waals surface area contributed by atoms with Crippen LogP contribution in [0.2, 0.25) is 0 Å². The van der Waals surface area contributed by atoms with E-state index in [4.69, 9.17) is 16.6 Å². The van der Waals surface area contributed by atoms with Crippen molar-refractivity contribution in [3.05, 3.63) is 47.3 Å². The number of Topliss-reactive ketones (excluding diaryl/α,β-unsaturated/α-hetero) is 1. The van der Waals surface area contributed by atoms with Crippen LogP contribution in [0, 0.1) is 0 Å². The molecule has 0 amide bonds. The molecule has 1 aromatic carbocycles. The Balaban J connectivity index is 2.13. The third-order valence-electron chi connectivity index (χ3n) is 4.63. The van der Waals surface area contributed by atoms with Crippen molar-refractivity contribution in [3.63, 3.8) is 0 Å². The molecule has 0 aliphatic carbocycles. The van der Waals surface area contributed by atoms with E-state index < -0.39 is 17.4 Å². The molecule has 1 unspecified atom stereocenters. The number of ketones is 1. The number of carbonyl (C=O) groups is 3. The summed E-state index contributed by atoms with van der Waals surface area (Å²) in [5, 5.41) is 19.2. The number of carboxylic acid groups (broad SMARTS) is 2. The fourth-order valence-corrected chi connectivity index (χ4v) is 3.28. The monoisotopic (exact) mass is 410 g/mol. The van der Waals surface area contributed by atoms with Gasteiger partial charge in [0, 0.05) is 12.8 Å². The van der Waals surface area contributed by atoms with E-state index in [9.17, 15) is 19.5 Å². The van der Waals surface area contributed by atoms with Crippen molar-refractivity contribution in [1.29, 1.82) is 0 Å². The Bertz CT molecular complexity index is 1160. The van der Waals surface area contributed by atoms with E-state index in [2.05, 4.69) is 19.9 Å². The molecule has 0 saturated heterocycles. The van der Waals surface area contributed by atoms with Crippen molar-refractivity contribution in [2.75, 3.05) is 11.5 Å². The number of nitrogen functional groups attached to an aromatic ring is 2. The molecule has 0 bridgehead atoms. The van der Waals surface area contributed by atoms with E-state index in [1.54, 1.807) is 0 Å². The molecule has 1 atom stereocenters. The number of nitrogens with zero attached hydrogens (tertiary/aromatic N) is 4. The van der Waals surface area contributed by atoms with Gasteiger partial charge in [-0.25, -0.2) is 14.8 Å². The molecule has 11 nitrogen and oxygen atoms in total. The van der Waals surface area contributed by atoms with Crippen LogP contribution in [0.25, 0.3) is 11.2 Å². The molecule has 2 aromatic heterocycles. The van der Waals surface area contributed by atoms with Crippen LogP contribution in [-0.2, 0) is 21.4 Å². The first-order valence-electron chi connectivity index (χ1n) is 8.73. The second-order valence-corrected chi connectivity index (χ2v) is 6.83. The van der Waals surface area contributed by atoms with Crippen molar-refractivity contribution in [3.8, 4) is 0 Å². The quantitative estimate of drug-likeness (QED) is 0.430. The Morgan fingerprint density at radius 2 is 1.70 bits per heavy atom. The van der Waals surface area contributed by atoms with Gasteiger partial charge in [-0.3, -0.25) is 9.59 Å². The van der Waals surface area contributed by atoms with Gasteiger partial charge in [0.25, 0.3) is 0 Å². The van der Waals surface area contributed by atoms with Gasteiger partial charge in [-0.05, 0) is 24.6 Å². The summed E-state index contributed by atoms with van der Waals surface area (Å²) in [7, 11) is 0. The van der Waals surface area contributed by atoms with E-state index in [-0.39, 0.29) is 58.4 Å². The van der Waals surface area contributed by atoms with Crippen LogP contribution in [0.15, 0.2) is 30.5 Å². The molecule has 0 aliphatic rings. The lowest BCUT2D eigenvalue weighted by Crippen LogP contribution is -2.40. The van der Waals surface area contributed by atoms with E-state index in [1.807, 2.05) is 0 Å². The van der Waals surface area contributed by atoms with Crippen LogP contribution in [0.5, 0.6) is 0 Å². The molecular weight excluding hydrogens is 392 g/mol. The van der Waals surface area contributed by atoms with Crippen LogP contribution in [-0.4, -0.2) is 47.9 Å². The molecule has 0 spiro atoms. The molecular formula is C19H18N6O5. The Morgan fingerprint density at radius 1 is 1.03 bits per heavy atom. The molecule has 3 rings (SSSR count). The summed E-state index contributed by atoms with van der Waals surface area (Å²) in [6.07, 6.45) is 0.806. The summed E-state index contributed by atoms with van der Waals surface area (Å²) in [6.45, 7) is 1.28. The minimum atomic E-state index is -1.69. The molecule has 0 fully saturated rings. The maximum atomic E-state index is 12.4. The van der Waals surface area contributed by atoms with Crippen LogP contribution in [0.3, 0.4) is 0 Å². The number of hydrogen-bond acceptors (Lipinski definition) is 9. The number of anilines is 2. The highest BCUT2D eigenvalue weighted by molar-refractivity contribution is 5.91. The fourth-order valence-electron chi connectivity index (χ4n) is 3.28. The van der Waals surface area contributed by atoms with Gasteiger partial charge in [-0.1, -0.05) is 12.1 Å². The van der Waals surface area contributed by atoms with E-state index in [0.717, 1.165) is 0 Å². The van der Waals surface area contributed by atoms with Gasteiger partial charge in [0.15, 0.2) is 17.0 Å². The highest BCUT2D eigenvalue weighted by atomic mass is 16.4. The Kier molecular flexibility index (Phi) is 5.28. The number of hydrogen-bond donors (Lipinski definition) is 4. The zero-order valence-electron chi connectivity index (χ0n) is 15.9. The van der Waals surface area contributed by atoms with Crippen molar-refractivity contribution >= 4 is 40.7 Å². The summed E-state index contributed by atoms with van der Waals surface area (Å²) in [4.78, 5) is 51.7.